The van der Waals surface area contributed by atoms with Crippen molar-refractivity contribution in [2.45, 2.75) is 31.8 Å². The maximum Gasteiger partial charge on any atom is 0.0408 e. The van der Waals surface area contributed by atoms with Crippen molar-refractivity contribution in [2.24, 2.45) is 11.7 Å². The first kappa shape index (κ1) is 11.5. The van der Waals surface area contributed by atoms with Crippen molar-refractivity contribution in [2.75, 3.05) is 13.1 Å². The van der Waals surface area contributed by atoms with Gasteiger partial charge >= 0.3 is 0 Å². The average molecular weight is 251 g/mol. The molecule has 3 unspecified atom stereocenters. The van der Waals surface area contributed by atoms with Gasteiger partial charge in [0.25, 0.3) is 0 Å². The molecule has 1 aliphatic carbocycles. The molecule has 1 saturated heterocycles. The van der Waals surface area contributed by atoms with Crippen molar-refractivity contribution in [3.05, 3.63) is 34.3 Å². The van der Waals surface area contributed by atoms with E-state index in [0.29, 0.717) is 18.0 Å². The first-order valence-electron chi connectivity index (χ1n) is 6.43. The van der Waals surface area contributed by atoms with Crippen LogP contribution in [0.3, 0.4) is 0 Å². The van der Waals surface area contributed by atoms with E-state index in [-0.39, 0.29) is 0 Å². The molecule has 0 aromatic heterocycles. The van der Waals surface area contributed by atoms with Gasteiger partial charge in [0, 0.05) is 30.2 Å². The van der Waals surface area contributed by atoms with Crippen molar-refractivity contribution in [3.63, 3.8) is 0 Å². The second-order valence-electron chi connectivity index (χ2n) is 5.49. The Balaban J connectivity index is 1.84. The zero-order valence-electron chi connectivity index (χ0n) is 10.2. The number of nitrogens with two attached hydrogens (primary N) is 1. The fraction of sp³-hybridized carbons (Fsp3) is 0.571. The maximum atomic E-state index is 6.12. The van der Waals surface area contributed by atoms with Gasteiger partial charge in [0.05, 0.1) is 0 Å². The lowest BCUT2D eigenvalue weighted by molar-refractivity contribution is 0.236. The van der Waals surface area contributed by atoms with Gasteiger partial charge in [-0.3, -0.25) is 4.90 Å². The number of rotatable bonds is 1. The van der Waals surface area contributed by atoms with E-state index in [1.807, 2.05) is 6.07 Å². The average Bonchev–Trinajstić information content (AvgIpc) is 2.83. The minimum Gasteiger partial charge on any atom is -0.326 e. The highest BCUT2D eigenvalue weighted by molar-refractivity contribution is 6.30. The second-order valence-corrected chi connectivity index (χ2v) is 5.93. The standard InChI is InChI=1S/C14H19ClN2/c1-9-7-17(8-13(9)16)14-5-2-10-6-11(15)3-4-12(10)14/h3-4,6,9,13-14H,2,5,7-8,16H2,1H3. The van der Waals surface area contributed by atoms with Crippen LogP contribution in [-0.4, -0.2) is 24.0 Å². The highest BCUT2D eigenvalue weighted by Gasteiger charge is 2.35. The van der Waals surface area contributed by atoms with E-state index >= 15 is 0 Å². The van der Waals surface area contributed by atoms with Crippen molar-refractivity contribution in [3.8, 4) is 0 Å². The highest BCUT2D eigenvalue weighted by atomic mass is 35.5. The van der Waals surface area contributed by atoms with E-state index in [0.717, 1.165) is 24.5 Å². The molecule has 2 aliphatic rings. The summed E-state index contributed by atoms with van der Waals surface area (Å²) in [5.74, 6) is 0.617. The number of benzene rings is 1. The molecular formula is C14H19ClN2. The molecule has 1 heterocycles. The summed E-state index contributed by atoms with van der Waals surface area (Å²) in [5.41, 5.74) is 9.01. The predicted molar refractivity (Wildman–Crippen MR) is 71.2 cm³/mol. The Morgan fingerprint density at radius 3 is 2.88 bits per heavy atom. The Bertz CT molecular complexity index is 422. The van der Waals surface area contributed by atoms with Crippen molar-refractivity contribution < 1.29 is 0 Å². The molecule has 1 aliphatic heterocycles. The summed E-state index contributed by atoms with van der Waals surface area (Å²) in [6.45, 7) is 4.42. The molecule has 0 radical (unpaired) electrons. The minimum absolute atomic E-state index is 0.339. The van der Waals surface area contributed by atoms with E-state index in [9.17, 15) is 0 Å². The van der Waals surface area contributed by atoms with Crippen LogP contribution in [0.5, 0.6) is 0 Å². The minimum atomic E-state index is 0.339. The third-order valence-corrected chi connectivity index (χ3v) is 4.53. The van der Waals surface area contributed by atoms with Crippen LogP contribution in [0.2, 0.25) is 5.02 Å². The molecule has 17 heavy (non-hydrogen) atoms. The Kier molecular flexibility index (Phi) is 2.89. The third-order valence-electron chi connectivity index (χ3n) is 4.29. The summed E-state index contributed by atoms with van der Waals surface area (Å²) in [5, 5.41) is 0.857. The van der Waals surface area contributed by atoms with E-state index in [4.69, 9.17) is 17.3 Å². The molecule has 3 atom stereocenters. The van der Waals surface area contributed by atoms with Gasteiger partial charge in [0.2, 0.25) is 0 Å². The molecule has 1 aromatic rings. The first-order chi connectivity index (χ1) is 8.15. The van der Waals surface area contributed by atoms with E-state index in [1.165, 1.54) is 17.5 Å². The van der Waals surface area contributed by atoms with E-state index in [2.05, 4.69) is 24.0 Å². The summed E-state index contributed by atoms with van der Waals surface area (Å²) < 4.78 is 0. The number of likely N-dealkylation sites (tertiary alicyclic amines) is 1. The van der Waals surface area contributed by atoms with Crippen molar-refractivity contribution >= 4 is 11.6 Å². The molecule has 0 spiro atoms. The van der Waals surface area contributed by atoms with Crippen LogP contribution in [0.1, 0.15) is 30.5 Å². The molecule has 3 rings (SSSR count). The summed E-state index contributed by atoms with van der Waals surface area (Å²) in [6.07, 6.45) is 2.37. The number of hydrogen-bond donors (Lipinski definition) is 1. The Morgan fingerprint density at radius 1 is 1.35 bits per heavy atom. The number of fused-ring (bicyclic) bond motifs is 1. The van der Waals surface area contributed by atoms with Gasteiger partial charge in [0.1, 0.15) is 0 Å². The lowest BCUT2D eigenvalue weighted by Gasteiger charge is -2.24. The lowest BCUT2D eigenvalue weighted by Crippen LogP contribution is -2.30. The highest BCUT2D eigenvalue weighted by Crippen LogP contribution is 2.39. The lowest BCUT2D eigenvalue weighted by atomic mass is 10.1. The monoisotopic (exact) mass is 250 g/mol. The molecule has 1 fully saturated rings. The van der Waals surface area contributed by atoms with Crippen LogP contribution < -0.4 is 5.73 Å². The van der Waals surface area contributed by atoms with Crippen LogP contribution in [0.4, 0.5) is 0 Å². The normalized spacial score (nSPS) is 33.0. The second kappa shape index (κ2) is 4.27. The predicted octanol–water partition coefficient (Wildman–Crippen LogP) is 2.61. The van der Waals surface area contributed by atoms with E-state index in [1.54, 1.807) is 0 Å². The Hall–Kier alpha value is -0.570. The maximum absolute atomic E-state index is 6.12. The summed E-state index contributed by atoms with van der Waals surface area (Å²) in [6, 6.07) is 7.24. The van der Waals surface area contributed by atoms with Crippen LogP contribution in [0, 0.1) is 5.92 Å². The number of halogens is 1. The van der Waals surface area contributed by atoms with Gasteiger partial charge < -0.3 is 5.73 Å². The molecule has 0 bridgehead atoms. The summed E-state index contributed by atoms with van der Waals surface area (Å²) in [7, 11) is 0. The van der Waals surface area contributed by atoms with Gasteiger partial charge in [-0.15, -0.1) is 0 Å². The fourth-order valence-corrected chi connectivity index (χ4v) is 3.42. The van der Waals surface area contributed by atoms with Crippen molar-refractivity contribution in [1.82, 2.24) is 4.90 Å². The SMILES string of the molecule is CC1CN(C2CCc3cc(Cl)ccc32)CC1N. The smallest absolute Gasteiger partial charge is 0.0408 e. The van der Waals surface area contributed by atoms with Gasteiger partial charge in [-0.2, -0.15) is 0 Å². The molecule has 2 nitrogen and oxygen atoms in total. The van der Waals surface area contributed by atoms with E-state index < -0.39 is 0 Å². The molecule has 2 N–H and O–H groups in total. The largest absolute Gasteiger partial charge is 0.326 e. The Labute approximate surface area is 108 Å². The fourth-order valence-electron chi connectivity index (χ4n) is 3.23. The van der Waals surface area contributed by atoms with Crippen LogP contribution >= 0.6 is 11.6 Å². The molecule has 0 amide bonds. The van der Waals surface area contributed by atoms with Gasteiger partial charge in [0.15, 0.2) is 0 Å². The zero-order chi connectivity index (χ0) is 12.0. The summed E-state index contributed by atoms with van der Waals surface area (Å²) >= 11 is 6.04. The number of nitrogens with zero attached hydrogens (tertiary/aromatic N) is 1. The van der Waals surface area contributed by atoms with Crippen molar-refractivity contribution in [1.29, 1.82) is 0 Å². The molecule has 1 aromatic carbocycles. The summed E-state index contributed by atoms with van der Waals surface area (Å²) in [4.78, 5) is 2.55. The van der Waals surface area contributed by atoms with Crippen LogP contribution in [0.15, 0.2) is 18.2 Å². The quantitative estimate of drug-likeness (QED) is 0.830. The Morgan fingerprint density at radius 2 is 2.18 bits per heavy atom. The van der Waals surface area contributed by atoms with Gasteiger partial charge in [-0.1, -0.05) is 24.6 Å². The number of aryl methyl sites for hydroxylation is 1. The topological polar surface area (TPSA) is 29.3 Å². The van der Waals surface area contributed by atoms with Gasteiger partial charge in [-0.05, 0) is 42.0 Å². The zero-order valence-corrected chi connectivity index (χ0v) is 11.0. The number of hydrogen-bond acceptors (Lipinski definition) is 2. The van der Waals surface area contributed by atoms with Gasteiger partial charge in [-0.25, -0.2) is 0 Å². The van der Waals surface area contributed by atoms with Crippen LogP contribution in [0.25, 0.3) is 0 Å². The molecule has 92 valence electrons. The third kappa shape index (κ3) is 1.99. The molecular weight excluding hydrogens is 232 g/mol. The molecule has 3 heteroatoms. The van der Waals surface area contributed by atoms with Crippen LogP contribution in [-0.2, 0) is 6.42 Å². The molecule has 0 saturated carbocycles. The first-order valence-corrected chi connectivity index (χ1v) is 6.81.